The summed E-state index contributed by atoms with van der Waals surface area (Å²) < 4.78 is 11.1. The van der Waals surface area contributed by atoms with Crippen LogP contribution in [0.4, 0.5) is 5.69 Å². The number of hydrogen-bond donors (Lipinski definition) is 1. The van der Waals surface area contributed by atoms with Gasteiger partial charge >= 0.3 is 0 Å². The number of anilines is 1. The predicted octanol–water partition coefficient (Wildman–Crippen LogP) is 2.53. The molecule has 0 saturated carbocycles. The Morgan fingerprint density at radius 2 is 2.04 bits per heavy atom. The molecule has 1 aromatic carbocycles. The van der Waals surface area contributed by atoms with Crippen molar-refractivity contribution in [2.45, 2.75) is 13.1 Å². The molecule has 0 aliphatic carbocycles. The maximum Gasteiger partial charge on any atom is 0.287 e. The van der Waals surface area contributed by atoms with Crippen molar-refractivity contribution in [2.75, 3.05) is 11.5 Å². The molecule has 0 radical (unpaired) electrons. The Bertz CT molecular complexity index is 968. The number of rotatable bonds is 5. The molecule has 0 bridgehead atoms. The van der Waals surface area contributed by atoms with Crippen molar-refractivity contribution in [1.82, 2.24) is 10.3 Å². The largest absolute Gasteiger partial charge is 0.482 e. The fourth-order valence-electron chi connectivity index (χ4n) is 2.84. The van der Waals surface area contributed by atoms with E-state index in [-0.39, 0.29) is 30.7 Å². The molecule has 0 atom stereocenters. The molecule has 1 N–H and O–H groups in total. The first kappa shape index (κ1) is 16.8. The summed E-state index contributed by atoms with van der Waals surface area (Å²) in [4.78, 5) is 30.1. The van der Waals surface area contributed by atoms with E-state index in [0.717, 1.165) is 5.56 Å². The summed E-state index contributed by atoms with van der Waals surface area (Å²) in [7, 11) is 0. The van der Waals surface area contributed by atoms with Crippen LogP contribution in [0, 0.1) is 0 Å². The molecule has 0 unspecified atom stereocenters. The topological polar surface area (TPSA) is 84.7 Å². The van der Waals surface area contributed by atoms with Gasteiger partial charge in [-0.1, -0.05) is 18.2 Å². The van der Waals surface area contributed by atoms with Gasteiger partial charge in [0.05, 0.1) is 12.2 Å². The lowest BCUT2D eigenvalue weighted by Crippen LogP contribution is -2.38. The van der Waals surface area contributed by atoms with Crippen LogP contribution in [-0.4, -0.2) is 23.4 Å². The lowest BCUT2D eigenvalue weighted by Gasteiger charge is -2.28. The van der Waals surface area contributed by atoms with Gasteiger partial charge in [-0.3, -0.25) is 19.5 Å². The van der Waals surface area contributed by atoms with Crippen LogP contribution in [-0.2, 0) is 17.9 Å². The van der Waals surface area contributed by atoms with Gasteiger partial charge in [0.1, 0.15) is 11.5 Å². The number of hydrogen-bond acceptors (Lipinski definition) is 5. The number of ether oxygens (including phenoxy) is 1. The molecule has 0 spiro atoms. The van der Waals surface area contributed by atoms with Crippen LogP contribution in [0.3, 0.4) is 0 Å². The highest BCUT2D eigenvalue weighted by atomic mass is 16.5. The highest BCUT2D eigenvalue weighted by molar-refractivity contribution is 5.97. The molecule has 0 fully saturated rings. The Morgan fingerprint density at radius 3 is 2.89 bits per heavy atom. The third-order valence-electron chi connectivity index (χ3n) is 4.18. The third-order valence-corrected chi connectivity index (χ3v) is 4.18. The maximum absolute atomic E-state index is 12.3. The van der Waals surface area contributed by atoms with Crippen molar-refractivity contribution in [3.63, 3.8) is 0 Å². The summed E-state index contributed by atoms with van der Waals surface area (Å²) in [5, 5.41) is 2.78. The molecular weight excluding hydrogens is 346 g/mol. The number of pyridine rings is 1. The van der Waals surface area contributed by atoms with E-state index >= 15 is 0 Å². The Hall–Kier alpha value is -3.61. The van der Waals surface area contributed by atoms with Crippen LogP contribution in [0.25, 0.3) is 0 Å². The van der Waals surface area contributed by atoms with Crippen LogP contribution in [0.5, 0.6) is 5.75 Å². The van der Waals surface area contributed by atoms with E-state index in [9.17, 15) is 9.59 Å². The summed E-state index contributed by atoms with van der Waals surface area (Å²) in [5.41, 5.74) is 1.58. The van der Waals surface area contributed by atoms with Gasteiger partial charge < -0.3 is 14.5 Å². The molecule has 1 aliphatic heterocycles. The number of aromatic nitrogens is 1. The number of furan rings is 1. The fourth-order valence-corrected chi connectivity index (χ4v) is 2.84. The molecule has 0 saturated heterocycles. The van der Waals surface area contributed by atoms with Crippen molar-refractivity contribution in [2.24, 2.45) is 0 Å². The molecule has 7 heteroatoms. The number of carbonyl (C=O) groups is 2. The fraction of sp³-hybridized carbons (Fsp3) is 0.150. The zero-order valence-corrected chi connectivity index (χ0v) is 14.4. The molecule has 136 valence electrons. The summed E-state index contributed by atoms with van der Waals surface area (Å²) in [6.45, 7) is 0.573. The zero-order chi connectivity index (χ0) is 18.6. The van der Waals surface area contributed by atoms with Crippen molar-refractivity contribution in [1.29, 1.82) is 0 Å². The molecule has 2 amide bonds. The third kappa shape index (κ3) is 3.67. The lowest BCUT2D eigenvalue weighted by molar-refractivity contribution is -0.121. The van der Waals surface area contributed by atoms with Gasteiger partial charge in [-0.25, -0.2) is 0 Å². The Kier molecular flexibility index (Phi) is 4.57. The van der Waals surface area contributed by atoms with Crippen molar-refractivity contribution < 1.29 is 18.7 Å². The smallest absolute Gasteiger partial charge is 0.287 e. The zero-order valence-electron chi connectivity index (χ0n) is 14.4. The van der Waals surface area contributed by atoms with E-state index in [1.807, 2.05) is 36.4 Å². The van der Waals surface area contributed by atoms with E-state index in [4.69, 9.17) is 9.15 Å². The standard InChI is InChI=1S/C20H17N3O4/c24-19-13-26-17-6-2-1-5-16(17)23(19)12-15-7-8-18(27-15)20(25)22-11-14-4-3-9-21-10-14/h1-10H,11-13H2,(H,22,25). The van der Waals surface area contributed by atoms with Crippen LogP contribution >= 0.6 is 0 Å². The molecule has 4 rings (SSSR count). The van der Waals surface area contributed by atoms with Crippen LogP contribution in [0.15, 0.2) is 65.3 Å². The van der Waals surface area contributed by atoms with Crippen molar-refractivity contribution in [3.8, 4) is 5.75 Å². The van der Waals surface area contributed by atoms with Crippen LogP contribution in [0.2, 0.25) is 0 Å². The number of fused-ring (bicyclic) bond motifs is 1. The number of nitrogens with one attached hydrogen (secondary N) is 1. The van der Waals surface area contributed by atoms with E-state index in [2.05, 4.69) is 10.3 Å². The Labute approximate surface area is 155 Å². The number of amides is 2. The second-order valence-corrected chi connectivity index (χ2v) is 6.05. The Morgan fingerprint density at radius 1 is 1.15 bits per heavy atom. The highest BCUT2D eigenvalue weighted by Gasteiger charge is 2.26. The van der Waals surface area contributed by atoms with Gasteiger partial charge in [0.15, 0.2) is 12.4 Å². The minimum atomic E-state index is -0.321. The van der Waals surface area contributed by atoms with Gasteiger partial charge in [0.25, 0.3) is 11.8 Å². The molecule has 3 aromatic rings. The first-order valence-corrected chi connectivity index (χ1v) is 8.49. The molecule has 2 aromatic heterocycles. The van der Waals surface area contributed by atoms with E-state index in [1.54, 1.807) is 29.4 Å². The average molecular weight is 363 g/mol. The average Bonchev–Trinajstić information content (AvgIpc) is 3.18. The maximum atomic E-state index is 12.3. The van der Waals surface area contributed by atoms with Gasteiger partial charge in [-0.15, -0.1) is 0 Å². The lowest BCUT2D eigenvalue weighted by atomic mass is 10.2. The minimum absolute atomic E-state index is 0.0177. The molecule has 27 heavy (non-hydrogen) atoms. The first-order valence-electron chi connectivity index (χ1n) is 8.49. The van der Waals surface area contributed by atoms with Gasteiger partial charge in [-0.05, 0) is 35.9 Å². The Balaban J connectivity index is 1.44. The van der Waals surface area contributed by atoms with E-state index in [1.165, 1.54) is 0 Å². The molecule has 7 nitrogen and oxygen atoms in total. The van der Waals surface area contributed by atoms with Gasteiger partial charge in [0.2, 0.25) is 0 Å². The van der Waals surface area contributed by atoms with Crippen molar-refractivity contribution in [3.05, 3.63) is 78.0 Å². The second kappa shape index (κ2) is 7.33. The number of nitrogens with zero attached hydrogens (tertiary/aromatic N) is 2. The second-order valence-electron chi connectivity index (χ2n) is 6.05. The SMILES string of the molecule is O=C(NCc1cccnc1)c1ccc(CN2C(=O)COc3ccccc32)o1. The normalized spacial score (nSPS) is 13.0. The molecule has 1 aliphatic rings. The molecule has 3 heterocycles. The highest BCUT2D eigenvalue weighted by Crippen LogP contribution is 2.32. The number of para-hydroxylation sites is 2. The quantitative estimate of drug-likeness (QED) is 0.753. The number of carbonyl (C=O) groups excluding carboxylic acids is 2. The van der Waals surface area contributed by atoms with Crippen molar-refractivity contribution >= 4 is 17.5 Å². The van der Waals surface area contributed by atoms with E-state index in [0.29, 0.717) is 23.7 Å². The minimum Gasteiger partial charge on any atom is -0.482 e. The summed E-state index contributed by atoms with van der Waals surface area (Å²) in [5.74, 6) is 0.888. The summed E-state index contributed by atoms with van der Waals surface area (Å²) >= 11 is 0. The summed E-state index contributed by atoms with van der Waals surface area (Å²) in [6.07, 6.45) is 3.37. The van der Waals surface area contributed by atoms with E-state index < -0.39 is 0 Å². The summed E-state index contributed by atoms with van der Waals surface area (Å²) in [6, 6.07) is 14.3. The van der Waals surface area contributed by atoms with Crippen LogP contribution in [0.1, 0.15) is 21.9 Å². The number of benzene rings is 1. The molecular formula is C20H17N3O4. The predicted molar refractivity (Wildman–Crippen MR) is 97.2 cm³/mol. The monoisotopic (exact) mass is 363 g/mol. The van der Waals surface area contributed by atoms with Crippen LogP contribution < -0.4 is 15.0 Å². The first-order chi connectivity index (χ1) is 13.2. The van der Waals surface area contributed by atoms with Gasteiger partial charge in [-0.2, -0.15) is 0 Å². The van der Waals surface area contributed by atoms with Gasteiger partial charge in [0, 0.05) is 18.9 Å².